The van der Waals surface area contributed by atoms with Crippen molar-refractivity contribution in [2.75, 3.05) is 11.9 Å². The van der Waals surface area contributed by atoms with Crippen LogP contribution >= 0.6 is 27.3 Å². The molecule has 0 spiro atoms. The van der Waals surface area contributed by atoms with Crippen LogP contribution in [0.2, 0.25) is 0 Å². The summed E-state index contributed by atoms with van der Waals surface area (Å²) in [4.78, 5) is 1.19. The fraction of sp³-hybridized carbons (Fsp3) is 0.300. The van der Waals surface area contributed by atoms with Crippen molar-refractivity contribution in [1.82, 2.24) is 10.2 Å². The summed E-state index contributed by atoms with van der Waals surface area (Å²) < 4.78 is 1.11. The summed E-state index contributed by atoms with van der Waals surface area (Å²) in [7, 11) is 0. The topological polar surface area (TPSA) is 40.7 Å². The molecule has 2 aromatic heterocycles. The zero-order valence-corrected chi connectivity index (χ0v) is 10.8. The van der Waals surface area contributed by atoms with Gasteiger partial charge in [-0.05, 0) is 28.4 Å². The predicted molar refractivity (Wildman–Crippen MR) is 68.4 cm³/mol. The number of nitrogens with zero attached hydrogens (tertiary/aromatic N) is 1. The molecule has 0 saturated heterocycles. The van der Waals surface area contributed by atoms with E-state index >= 15 is 0 Å². The van der Waals surface area contributed by atoms with Crippen LogP contribution in [0.5, 0.6) is 0 Å². The van der Waals surface area contributed by atoms with E-state index < -0.39 is 0 Å². The van der Waals surface area contributed by atoms with Crippen molar-refractivity contribution in [1.29, 1.82) is 0 Å². The van der Waals surface area contributed by atoms with Gasteiger partial charge in [0.2, 0.25) is 0 Å². The maximum Gasteiger partial charge on any atom is 0.148 e. The molecular formula is C10H12BrN3S. The molecule has 2 heterocycles. The summed E-state index contributed by atoms with van der Waals surface area (Å²) in [6, 6.07) is 4.12. The summed E-state index contributed by atoms with van der Waals surface area (Å²) in [5.74, 6) is 0.913. The number of hydrogen-bond donors (Lipinski definition) is 2. The van der Waals surface area contributed by atoms with Gasteiger partial charge in [0.1, 0.15) is 5.82 Å². The Hall–Kier alpha value is -0.810. The zero-order chi connectivity index (χ0) is 10.7. The first-order valence-corrected chi connectivity index (χ1v) is 6.50. The first kappa shape index (κ1) is 10.7. The van der Waals surface area contributed by atoms with Gasteiger partial charge >= 0.3 is 0 Å². The first-order valence-electron chi connectivity index (χ1n) is 4.83. The van der Waals surface area contributed by atoms with Crippen molar-refractivity contribution in [3.63, 3.8) is 0 Å². The SMILES string of the molecule is CCCNc1cc(-c2cc(Br)cs2)[nH]n1. The zero-order valence-electron chi connectivity index (χ0n) is 8.38. The fourth-order valence-corrected chi connectivity index (χ4v) is 2.64. The lowest BCUT2D eigenvalue weighted by Crippen LogP contribution is -1.99. The van der Waals surface area contributed by atoms with Crippen LogP contribution in [0.1, 0.15) is 13.3 Å². The van der Waals surface area contributed by atoms with Crippen LogP contribution < -0.4 is 5.32 Å². The van der Waals surface area contributed by atoms with E-state index in [1.807, 2.05) is 6.07 Å². The Morgan fingerprint density at radius 3 is 3.07 bits per heavy atom. The van der Waals surface area contributed by atoms with Gasteiger partial charge in [-0.3, -0.25) is 5.10 Å². The highest BCUT2D eigenvalue weighted by Crippen LogP contribution is 2.29. The molecular weight excluding hydrogens is 274 g/mol. The van der Waals surface area contributed by atoms with E-state index in [0.717, 1.165) is 29.0 Å². The van der Waals surface area contributed by atoms with Gasteiger partial charge in [-0.25, -0.2) is 0 Å². The van der Waals surface area contributed by atoms with E-state index in [1.165, 1.54) is 4.88 Å². The van der Waals surface area contributed by atoms with Crippen LogP contribution in [0.25, 0.3) is 10.6 Å². The highest BCUT2D eigenvalue weighted by atomic mass is 79.9. The lowest BCUT2D eigenvalue weighted by molar-refractivity contribution is 0.961. The molecule has 0 radical (unpaired) electrons. The van der Waals surface area contributed by atoms with Crippen molar-refractivity contribution in [3.8, 4) is 10.6 Å². The number of aromatic amines is 1. The minimum Gasteiger partial charge on any atom is -0.369 e. The van der Waals surface area contributed by atoms with E-state index in [-0.39, 0.29) is 0 Å². The molecule has 15 heavy (non-hydrogen) atoms. The predicted octanol–water partition coefficient (Wildman–Crippen LogP) is 3.72. The quantitative estimate of drug-likeness (QED) is 0.899. The normalized spacial score (nSPS) is 10.5. The highest BCUT2D eigenvalue weighted by Gasteiger charge is 2.05. The Kier molecular flexibility index (Phi) is 3.43. The number of hydrogen-bond acceptors (Lipinski definition) is 3. The molecule has 2 N–H and O–H groups in total. The Morgan fingerprint density at radius 2 is 2.40 bits per heavy atom. The van der Waals surface area contributed by atoms with Crippen LogP contribution in [0.15, 0.2) is 22.0 Å². The van der Waals surface area contributed by atoms with Crippen molar-refractivity contribution in [2.45, 2.75) is 13.3 Å². The molecule has 5 heteroatoms. The molecule has 0 fully saturated rings. The molecule has 0 saturated carbocycles. The molecule has 80 valence electrons. The van der Waals surface area contributed by atoms with Crippen molar-refractivity contribution in [2.24, 2.45) is 0 Å². The Labute approximate surface area is 101 Å². The molecule has 2 rings (SSSR count). The van der Waals surface area contributed by atoms with Crippen LogP contribution in [0.4, 0.5) is 5.82 Å². The minimum atomic E-state index is 0.913. The molecule has 2 aromatic rings. The van der Waals surface area contributed by atoms with Gasteiger partial charge in [-0.15, -0.1) is 11.3 Å². The van der Waals surface area contributed by atoms with Crippen molar-refractivity contribution >= 4 is 33.1 Å². The highest BCUT2D eigenvalue weighted by molar-refractivity contribution is 9.10. The van der Waals surface area contributed by atoms with Gasteiger partial charge in [0.25, 0.3) is 0 Å². The molecule has 0 atom stereocenters. The molecule has 0 aliphatic heterocycles. The second-order valence-corrected chi connectivity index (χ2v) is 5.05. The number of rotatable bonds is 4. The number of anilines is 1. The van der Waals surface area contributed by atoms with Crippen LogP contribution in [0, 0.1) is 0 Å². The second kappa shape index (κ2) is 4.81. The number of halogens is 1. The lowest BCUT2D eigenvalue weighted by atomic mass is 10.3. The van der Waals surface area contributed by atoms with Gasteiger partial charge in [0, 0.05) is 22.5 Å². The smallest absolute Gasteiger partial charge is 0.148 e. The van der Waals surface area contributed by atoms with E-state index in [2.05, 4.69) is 49.8 Å². The summed E-state index contributed by atoms with van der Waals surface area (Å²) in [6.45, 7) is 3.09. The van der Waals surface area contributed by atoms with E-state index in [1.54, 1.807) is 11.3 Å². The third-order valence-electron chi connectivity index (χ3n) is 1.97. The number of aromatic nitrogens is 2. The summed E-state index contributed by atoms with van der Waals surface area (Å²) in [6.07, 6.45) is 1.10. The van der Waals surface area contributed by atoms with E-state index in [0.29, 0.717) is 0 Å². The van der Waals surface area contributed by atoms with Crippen LogP contribution in [-0.4, -0.2) is 16.7 Å². The van der Waals surface area contributed by atoms with E-state index in [4.69, 9.17) is 0 Å². The third kappa shape index (κ3) is 2.60. The Morgan fingerprint density at radius 1 is 1.53 bits per heavy atom. The first-order chi connectivity index (χ1) is 7.29. The minimum absolute atomic E-state index is 0.913. The maximum absolute atomic E-state index is 4.19. The molecule has 0 unspecified atom stereocenters. The fourth-order valence-electron chi connectivity index (χ4n) is 1.25. The molecule has 3 nitrogen and oxygen atoms in total. The largest absolute Gasteiger partial charge is 0.369 e. The second-order valence-electron chi connectivity index (χ2n) is 3.22. The number of thiophene rings is 1. The standard InChI is InChI=1S/C10H12BrN3S/c1-2-3-12-10-5-8(13-14-10)9-4-7(11)6-15-9/h4-6H,2-3H2,1H3,(H2,12,13,14). The average molecular weight is 286 g/mol. The molecule has 0 aliphatic carbocycles. The van der Waals surface area contributed by atoms with Gasteiger partial charge in [-0.2, -0.15) is 5.10 Å². The summed E-state index contributed by atoms with van der Waals surface area (Å²) in [5, 5.41) is 12.5. The van der Waals surface area contributed by atoms with Crippen molar-refractivity contribution < 1.29 is 0 Å². The van der Waals surface area contributed by atoms with Gasteiger partial charge in [-0.1, -0.05) is 6.92 Å². The monoisotopic (exact) mass is 285 g/mol. The molecule has 0 amide bonds. The third-order valence-corrected chi connectivity index (χ3v) is 3.69. The lowest BCUT2D eigenvalue weighted by Gasteiger charge is -1.96. The number of H-pyrrole nitrogens is 1. The van der Waals surface area contributed by atoms with Gasteiger partial charge in [0.05, 0.1) is 10.6 Å². The van der Waals surface area contributed by atoms with Crippen molar-refractivity contribution in [3.05, 3.63) is 22.0 Å². The Balaban J connectivity index is 2.13. The van der Waals surface area contributed by atoms with Gasteiger partial charge < -0.3 is 5.32 Å². The maximum atomic E-state index is 4.19. The molecule has 0 bridgehead atoms. The van der Waals surface area contributed by atoms with Crippen LogP contribution in [0.3, 0.4) is 0 Å². The average Bonchev–Trinajstić information content (AvgIpc) is 2.83. The van der Waals surface area contributed by atoms with Gasteiger partial charge in [0.15, 0.2) is 0 Å². The van der Waals surface area contributed by atoms with Crippen LogP contribution in [-0.2, 0) is 0 Å². The molecule has 0 aliphatic rings. The number of nitrogens with one attached hydrogen (secondary N) is 2. The summed E-state index contributed by atoms with van der Waals surface area (Å²) >= 11 is 5.13. The van der Waals surface area contributed by atoms with E-state index in [9.17, 15) is 0 Å². The summed E-state index contributed by atoms with van der Waals surface area (Å²) in [5.41, 5.74) is 1.06. The molecule has 0 aromatic carbocycles. The Bertz CT molecular complexity index is 435.